The highest BCUT2D eigenvalue weighted by atomic mass is 32.1. The molecule has 0 saturated heterocycles. The van der Waals surface area contributed by atoms with E-state index < -0.39 is 17.2 Å². The van der Waals surface area contributed by atoms with Gasteiger partial charge in [-0.25, -0.2) is 10.4 Å². The standard InChI is InChI=1S/C9H8F3N5S/c10-9(11,12)8-14-4-6(18-8)7(17-13)5-1-2-15-16-3-5/h1-4,7,17H,13H2. The van der Waals surface area contributed by atoms with Gasteiger partial charge in [0.05, 0.1) is 12.2 Å². The highest BCUT2D eigenvalue weighted by Crippen LogP contribution is 2.35. The number of rotatable bonds is 3. The summed E-state index contributed by atoms with van der Waals surface area (Å²) in [6.45, 7) is 0. The fourth-order valence-electron chi connectivity index (χ4n) is 1.37. The van der Waals surface area contributed by atoms with Gasteiger partial charge in [0.1, 0.15) is 0 Å². The Morgan fingerprint density at radius 3 is 2.56 bits per heavy atom. The lowest BCUT2D eigenvalue weighted by Crippen LogP contribution is -2.28. The Bertz CT molecular complexity index is 512. The predicted octanol–water partition coefficient (Wildman–Crippen LogP) is 1.50. The second-order valence-electron chi connectivity index (χ2n) is 3.34. The number of thiazole rings is 1. The third-order valence-corrected chi connectivity index (χ3v) is 3.26. The Kier molecular flexibility index (Phi) is 3.55. The molecule has 2 aromatic rings. The molecule has 0 fully saturated rings. The van der Waals surface area contributed by atoms with Crippen LogP contribution >= 0.6 is 11.3 Å². The van der Waals surface area contributed by atoms with Gasteiger partial charge in [0.15, 0.2) is 5.01 Å². The molecular formula is C9H8F3N5S. The summed E-state index contributed by atoms with van der Waals surface area (Å²) in [6, 6.07) is 1.03. The molecule has 0 aromatic carbocycles. The molecule has 3 N–H and O–H groups in total. The Hall–Kier alpha value is -1.58. The number of nitrogens with two attached hydrogens (primary N) is 1. The maximum atomic E-state index is 12.4. The van der Waals surface area contributed by atoms with Crippen molar-refractivity contribution in [2.24, 2.45) is 5.84 Å². The SMILES string of the molecule is NNC(c1ccnnc1)c1cnc(C(F)(F)F)s1. The molecule has 9 heteroatoms. The lowest BCUT2D eigenvalue weighted by molar-refractivity contribution is -0.137. The summed E-state index contributed by atoms with van der Waals surface area (Å²) >= 11 is 0.541. The quantitative estimate of drug-likeness (QED) is 0.656. The van der Waals surface area contributed by atoms with E-state index in [1.165, 1.54) is 12.4 Å². The minimum absolute atomic E-state index is 0.359. The molecule has 5 nitrogen and oxygen atoms in total. The van der Waals surface area contributed by atoms with Crippen molar-refractivity contribution >= 4 is 11.3 Å². The Morgan fingerprint density at radius 2 is 2.06 bits per heavy atom. The minimum Gasteiger partial charge on any atom is -0.271 e. The van der Waals surface area contributed by atoms with Gasteiger partial charge in [-0.3, -0.25) is 5.84 Å². The summed E-state index contributed by atoms with van der Waals surface area (Å²) in [5.41, 5.74) is 3.05. The van der Waals surface area contributed by atoms with Gasteiger partial charge < -0.3 is 0 Å². The van der Waals surface area contributed by atoms with Gasteiger partial charge in [0.2, 0.25) is 0 Å². The van der Waals surface area contributed by atoms with Crippen LogP contribution in [0, 0.1) is 0 Å². The van der Waals surface area contributed by atoms with Crippen LogP contribution < -0.4 is 11.3 Å². The molecule has 0 aliphatic carbocycles. The number of nitrogens with zero attached hydrogens (tertiary/aromatic N) is 3. The molecule has 2 heterocycles. The summed E-state index contributed by atoms with van der Waals surface area (Å²) in [4.78, 5) is 3.70. The average molecular weight is 275 g/mol. The van der Waals surface area contributed by atoms with Crippen molar-refractivity contribution in [3.05, 3.63) is 40.1 Å². The second-order valence-corrected chi connectivity index (χ2v) is 4.40. The van der Waals surface area contributed by atoms with Crippen molar-refractivity contribution in [1.29, 1.82) is 0 Å². The highest BCUT2D eigenvalue weighted by molar-refractivity contribution is 7.11. The number of halogens is 3. The molecule has 0 bridgehead atoms. The van der Waals surface area contributed by atoms with Crippen LogP contribution in [0.25, 0.3) is 0 Å². The molecule has 0 amide bonds. The van der Waals surface area contributed by atoms with Gasteiger partial charge in [-0.05, 0) is 11.6 Å². The highest BCUT2D eigenvalue weighted by Gasteiger charge is 2.35. The molecule has 18 heavy (non-hydrogen) atoms. The van der Waals surface area contributed by atoms with E-state index in [0.29, 0.717) is 21.8 Å². The van der Waals surface area contributed by atoms with Gasteiger partial charge in [-0.2, -0.15) is 23.4 Å². The minimum atomic E-state index is -4.45. The molecule has 2 rings (SSSR count). The lowest BCUT2D eigenvalue weighted by atomic mass is 10.1. The predicted molar refractivity (Wildman–Crippen MR) is 58.3 cm³/mol. The van der Waals surface area contributed by atoms with Crippen molar-refractivity contribution in [2.45, 2.75) is 12.2 Å². The fraction of sp³-hybridized carbons (Fsp3) is 0.222. The molecule has 0 saturated carbocycles. The van der Waals surface area contributed by atoms with Crippen molar-refractivity contribution in [2.75, 3.05) is 0 Å². The normalized spacial score (nSPS) is 13.6. The van der Waals surface area contributed by atoms with Crippen molar-refractivity contribution in [3.63, 3.8) is 0 Å². The van der Waals surface area contributed by atoms with Crippen molar-refractivity contribution in [1.82, 2.24) is 20.6 Å². The average Bonchev–Trinajstić information content (AvgIpc) is 2.81. The van der Waals surface area contributed by atoms with E-state index >= 15 is 0 Å². The molecule has 1 unspecified atom stereocenters. The van der Waals surface area contributed by atoms with E-state index in [1.54, 1.807) is 6.07 Å². The number of alkyl halides is 3. The molecule has 0 aliphatic rings. The van der Waals surface area contributed by atoms with E-state index in [2.05, 4.69) is 20.6 Å². The van der Waals surface area contributed by atoms with Crippen LogP contribution in [0.2, 0.25) is 0 Å². The fourth-order valence-corrected chi connectivity index (χ4v) is 2.24. The molecule has 96 valence electrons. The van der Waals surface area contributed by atoms with Crippen LogP contribution in [0.4, 0.5) is 13.2 Å². The molecule has 0 aliphatic heterocycles. The molecular weight excluding hydrogens is 267 g/mol. The first-order valence-electron chi connectivity index (χ1n) is 4.78. The zero-order valence-corrected chi connectivity index (χ0v) is 9.66. The number of hydrazine groups is 1. The van der Waals surface area contributed by atoms with Gasteiger partial charge >= 0.3 is 6.18 Å². The number of nitrogens with one attached hydrogen (secondary N) is 1. The Morgan fingerprint density at radius 1 is 1.28 bits per heavy atom. The third-order valence-electron chi connectivity index (χ3n) is 2.16. The molecule has 2 aromatic heterocycles. The van der Waals surface area contributed by atoms with Gasteiger partial charge in [-0.15, -0.1) is 11.3 Å². The van der Waals surface area contributed by atoms with Crippen LogP contribution in [-0.4, -0.2) is 15.2 Å². The van der Waals surface area contributed by atoms with Gasteiger partial charge in [0.25, 0.3) is 0 Å². The smallest absolute Gasteiger partial charge is 0.271 e. The lowest BCUT2D eigenvalue weighted by Gasteiger charge is -2.12. The topological polar surface area (TPSA) is 76.7 Å². The number of aromatic nitrogens is 3. The van der Waals surface area contributed by atoms with E-state index in [9.17, 15) is 13.2 Å². The van der Waals surface area contributed by atoms with Gasteiger partial charge in [-0.1, -0.05) is 0 Å². The van der Waals surface area contributed by atoms with Crippen LogP contribution in [-0.2, 0) is 6.18 Å². The first-order chi connectivity index (χ1) is 8.52. The Balaban J connectivity index is 2.32. The van der Waals surface area contributed by atoms with Crippen LogP contribution in [0.5, 0.6) is 0 Å². The third kappa shape index (κ3) is 2.63. The molecule has 0 radical (unpaired) electrons. The summed E-state index contributed by atoms with van der Waals surface area (Å²) in [5.74, 6) is 5.35. The van der Waals surface area contributed by atoms with E-state index in [1.807, 2.05) is 0 Å². The molecule has 1 atom stereocenters. The summed E-state index contributed by atoms with van der Waals surface area (Å²) in [5, 5.41) is 6.34. The zero-order valence-electron chi connectivity index (χ0n) is 8.85. The second kappa shape index (κ2) is 4.96. The number of hydrogen-bond acceptors (Lipinski definition) is 6. The van der Waals surface area contributed by atoms with Crippen LogP contribution in [0.3, 0.4) is 0 Å². The number of hydrogen-bond donors (Lipinski definition) is 2. The summed E-state index contributed by atoms with van der Waals surface area (Å²) in [7, 11) is 0. The van der Waals surface area contributed by atoms with E-state index in [4.69, 9.17) is 5.84 Å². The monoisotopic (exact) mass is 275 g/mol. The van der Waals surface area contributed by atoms with Crippen LogP contribution in [0.15, 0.2) is 24.7 Å². The first kappa shape index (κ1) is 12.9. The maximum Gasteiger partial charge on any atom is 0.443 e. The molecule has 0 spiro atoms. The van der Waals surface area contributed by atoms with Gasteiger partial charge in [0, 0.05) is 17.3 Å². The van der Waals surface area contributed by atoms with E-state index in [-0.39, 0.29) is 0 Å². The zero-order chi connectivity index (χ0) is 13.2. The van der Waals surface area contributed by atoms with Crippen molar-refractivity contribution in [3.8, 4) is 0 Å². The Labute approximate surface area is 104 Å². The summed E-state index contributed by atoms with van der Waals surface area (Å²) < 4.78 is 37.3. The van der Waals surface area contributed by atoms with E-state index in [0.717, 1.165) is 6.20 Å². The largest absolute Gasteiger partial charge is 0.443 e. The maximum absolute atomic E-state index is 12.4. The first-order valence-corrected chi connectivity index (χ1v) is 5.59. The van der Waals surface area contributed by atoms with Crippen LogP contribution in [0.1, 0.15) is 21.5 Å². The van der Waals surface area contributed by atoms with Crippen molar-refractivity contribution < 1.29 is 13.2 Å². The summed E-state index contributed by atoms with van der Waals surface area (Å²) in [6.07, 6.45) is -0.431.